The Labute approximate surface area is 119 Å². The summed E-state index contributed by atoms with van der Waals surface area (Å²) in [7, 11) is 3.20. The van der Waals surface area contributed by atoms with Gasteiger partial charge in [-0.25, -0.2) is 0 Å². The van der Waals surface area contributed by atoms with E-state index in [2.05, 4.69) is 5.32 Å². The molecule has 0 aromatic carbocycles. The predicted molar refractivity (Wildman–Crippen MR) is 74.1 cm³/mol. The highest BCUT2D eigenvalue weighted by Crippen LogP contribution is 2.31. The Balaban J connectivity index is 2.50. The zero-order chi connectivity index (χ0) is 15.0. The third-order valence-electron chi connectivity index (χ3n) is 3.65. The highest BCUT2D eigenvalue weighted by Gasteiger charge is 2.40. The lowest BCUT2D eigenvalue weighted by atomic mass is 9.79. The molecule has 0 bridgehead atoms. The lowest BCUT2D eigenvalue weighted by Crippen LogP contribution is -2.51. The first-order valence-electron chi connectivity index (χ1n) is 6.85. The number of methoxy groups -OCH3 is 1. The Morgan fingerprint density at radius 3 is 2.60 bits per heavy atom. The second kappa shape index (κ2) is 8.18. The van der Waals surface area contributed by atoms with Crippen molar-refractivity contribution in [3.8, 4) is 0 Å². The number of hydrogen-bond donors (Lipinski definition) is 2. The van der Waals surface area contributed by atoms with Crippen LogP contribution in [-0.4, -0.2) is 70.3 Å². The smallest absolute Gasteiger partial charge is 0.239 e. The fourth-order valence-electron chi connectivity index (χ4n) is 2.31. The van der Waals surface area contributed by atoms with Gasteiger partial charge >= 0.3 is 0 Å². The lowest BCUT2D eigenvalue weighted by molar-refractivity contribution is -0.148. The average Bonchev–Trinajstić information content (AvgIpc) is 2.47. The molecule has 3 N–H and O–H groups in total. The number of nitrogens with one attached hydrogen (secondary N) is 1. The minimum Gasteiger partial charge on any atom is -0.383 e. The van der Waals surface area contributed by atoms with Gasteiger partial charge in [-0.05, 0) is 12.8 Å². The Bertz CT molecular complexity index is 330. The second-order valence-electron chi connectivity index (χ2n) is 5.10. The summed E-state index contributed by atoms with van der Waals surface area (Å²) in [4.78, 5) is 25.6. The molecule has 0 aliphatic carbocycles. The van der Waals surface area contributed by atoms with E-state index in [1.807, 2.05) is 0 Å². The summed E-state index contributed by atoms with van der Waals surface area (Å²) in [5.41, 5.74) is 5.20. The van der Waals surface area contributed by atoms with Gasteiger partial charge in [-0.3, -0.25) is 9.59 Å². The van der Waals surface area contributed by atoms with Crippen LogP contribution < -0.4 is 11.1 Å². The molecule has 0 spiro atoms. The maximum atomic E-state index is 12.5. The lowest BCUT2D eigenvalue weighted by Gasteiger charge is -2.37. The largest absolute Gasteiger partial charge is 0.383 e. The van der Waals surface area contributed by atoms with Crippen LogP contribution in [0.15, 0.2) is 0 Å². The molecular weight excluding hydrogens is 262 g/mol. The van der Waals surface area contributed by atoms with Crippen LogP contribution in [0.2, 0.25) is 0 Å². The van der Waals surface area contributed by atoms with Crippen molar-refractivity contribution in [2.75, 3.05) is 53.6 Å². The Kier molecular flexibility index (Phi) is 6.90. The van der Waals surface area contributed by atoms with Crippen LogP contribution in [0.25, 0.3) is 0 Å². The Morgan fingerprint density at radius 2 is 2.05 bits per heavy atom. The van der Waals surface area contributed by atoms with E-state index in [1.54, 1.807) is 14.2 Å². The van der Waals surface area contributed by atoms with Crippen molar-refractivity contribution < 1.29 is 19.1 Å². The number of nitrogens with zero attached hydrogens (tertiary/aromatic N) is 1. The topological polar surface area (TPSA) is 93.9 Å². The molecular formula is C13H25N3O4. The molecule has 0 aromatic heterocycles. The molecule has 0 saturated carbocycles. The highest BCUT2D eigenvalue weighted by atomic mass is 16.5. The van der Waals surface area contributed by atoms with Crippen molar-refractivity contribution in [1.29, 1.82) is 0 Å². The number of amides is 2. The molecule has 1 fully saturated rings. The zero-order valence-corrected chi connectivity index (χ0v) is 12.3. The molecule has 0 atom stereocenters. The zero-order valence-electron chi connectivity index (χ0n) is 12.3. The summed E-state index contributed by atoms with van der Waals surface area (Å²) in [6, 6.07) is 0. The van der Waals surface area contributed by atoms with E-state index in [-0.39, 0.29) is 24.9 Å². The summed E-state index contributed by atoms with van der Waals surface area (Å²) >= 11 is 0. The molecule has 0 aromatic rings. The maximum Gasteiger partial charge on any atom is 0.239 e. The van der Waals surface area contributed by atoms with Gasteiger partial charge < -0.3 is 25.4 Å². The van der Waals surface area contributed by atoms with Gasteiger partial charge in [-0.1, -0.05) is 0 Å². The molecule has 0 unspecified atom stereocenters. The minimum atomic E-state index is -0.584. The van der Waals surface area contributed by atoms with Gasteiger partial charge in [0, 0.05) is 40.5 Å². The second-order valence-corrected chi connectivity index (χ2v) is 5.10. The first-order chi connectivity index (χ1) is 9.55. The summed E-state index contributed by atoms with van der Waals surface area (Å²) < 4.78 is 10.1. The molecule has 1 saturated heterocycles. The fraction of sp³-hybridized carbons (Fsp3) is 0.846. The van der Waals surface area contributed by atoms with Gasteiger partial charge in [0.1, 0.15) is 0 Å². The van der Waals surface area contributed by atoms with E-state index in [0.29, 0.717) is 39.2 Å². The number of carbonyl (C=O) groups is 2. The third kappa shape index (κ3) is 4.43. The van der Waals surface area contributed by atoms with E-state index in [4.69, 9.17) is 15.2 Å². The molecule has 1 heterocycles. The molecule has 7 nitrogen and oxygen atoms in total. The van der Waals surface area contributed by atoms with E-state index >= 15 is 0 Å². The Morgan fingerprint density at radius 1 is 1.40 bits per heavy atom. The van der Waals surface area contributed by atoms with Crippen LogP contribution in [0.1, 0.15) is 12.8 Å². The fourth-order valence-corrected chi connectivity index (χ4v) is 2.31. The number of likely N-dealkylation sites (N-methyl/N-ethyl adjacent to an activating group) is 1. The van der Waals surface area contributed by atoms with Crippen molar-refractivity contribution in [2.45, 2.75) is 12.8 Å². The molecule has 0 radical (unpaired) electrons. The molecule has 20 heavy (non-hydrogen) atoms. The summed E-state index contributed by atoms with van der Waals surface area (Å²) in [5, 5.41) is 2.69. The van der Waals surface area contributed by atoms with Crippen LogP contribution in [0.5, 0.6) is 0 Å². The van der Waals surface area contributed by atoms with Gasteiger partial charge in [0.25, 0.3) is 0 Å². The molecule has 1 rings (SSSR count). The van der Waals surface area contributed by atoms with E-state index < -0.39 is 5.41 Å². The van der Waals surface area contributed by atoms with Crippen LogP contribution >= 0.6 is 0 Å². The Hall–Kier alpha value is -1.18. The third-order valence-corrected chi connectivity index (χ3v) is 3.65. The van der Waals surface area contributed by atoms with Crippen LogP contribution in [-0.2, 0) is 19.1 Å². The number of ether oxygens (including phenoxy) is 2. The normalized spacial score (nSPS) is 17.6. The van der Waals surface area contributed by atoms with Crippen LogP contribution in [0.4, 0.5) is 0 Å². The quantitative estimate of drug-likeness (QED) is 0.584. The number of rotatable bonds is 7. The van der Waals surface area contributed by atoms with Gasteiger partial charge in [-0.15, -0.1) is 0 Å². The first-order valence-corrected chi connectivity index (χ1v) is 6.85. The summed E-state index contributed by atoms with van der Waals surface area (Å²) in [6.45, 7) is 2.28. The number of carbonyl (C=O) groups excluding carboxylic acids is 2. The number of hydrogen-bond acceptors (Lipinski definition) is 5. The summed E-state index contributed by atoms with van der Waals surface area (Å²) in [5.74, 6) is -0.276. The molecule has 2 amide bonds. The molecule has 1 aliphatic heterocycles. The van der Waals surface area contributed by atoms with Crippen molar-refractivity contribution in [3.63, 3.8) is 0 Å². The van der Waals surface area contributed by atoms with Crippen LogP contribution in [0.3, 0.4) is 0 Å². The molecule has 116 valence electrons. The van der Waals surface area contributed by atoms with Gasteiger partial charge in [0.15, 0.2) is 0 Å². The van der Waals surface area contributed by atoms with Crippen molar-refractivity contribution in [1.82, 2.24) is 10.2 Å². The standard InChI is InChI=1S/C13H25N3O4/c1-16(9-11(17)15-5-8-19-2)12(18)13(10-14)3-6-20-7-4-13/h3-10,14H2,1-2H3,(H,15,17). The van der Waals surface area contributed by atoms with Crippen molar-refractivity contribution in [2.24, 2.45) is 11.1 Å². The predicted octanol–water partition coefficient (Wildman–Crippen LogP) is -1.04. The molecule has 1 aliphatic rings. The maximum absolute atomic E-state index is 12.5. The highest BCUT2D eigenvalue weighted by molar-refractivity contribution is 5.88. The minimum absolute atomic E-state index is 0.0329. The van der Waals surface area contributed by atoms with Gasteiger partial charge in [0.05, 0.1) is 18.6 Å². The van der Waals surface area contributed by atoms with Crippen molar-refractivity contribution >= 4 is 11.8 Å². The monoisotopic (exact) mass is 287 g/mol. The number of nitrogens with two attached hydrogens (primary N) is 1. The van der Waals surface area contributed by atoms with E-state index in [1.165, 1.54) is 4.90 Å². The average molecular weight is 287 g/mol. The van der Waals surface area contributed by atoms with Gasteiger partial charge in [-0.2, -0.15) is 0 Å². The van der Waals surface area contributed by atoms with Gasteiger partial charge in [0.2, 0.25) is 11.8 Å². The first kappa shape index (κ1) is 16.9. The van der Waals surface area contributed by atoms with E-state index in [0.717, 1.165) is 0 Å². The van der Waals surface area contributed by atoms with Crippen molar-refractivity contribution in [3.05, 3.63) is 0 Å². The van der Waals surface area contributed by atoms with Crippen LogP contribution in [0, 0.1) is 5.41 Å². The van der Waals surface area contributed by atoms with E-state index in [9.17, 15) is 9.59 Å². The SMILES string of the molecule is COCCNC(=O)CN(C)C(=O)C1(CN)CCOCC1. The molecule has 7 heteroatoms. The summed E-state index contributed by atoms with van der Waals surface area (Å²) in [6.07, 6.45) is 1.22.